The Morgan fingerprint density at radius 1 is 1.85 bits per heavy atom. The Morgan fingerprint density at radius 3 is 3.00 bits per heavy atom. The number of nitrogens with zero attached hydrogens (tertiary/aromatic N) is 1. The van der Waals surface area contributed by atoms with Gasteiger partial charge < -0.3 is 0 Å². The smallest absolute Gasteiger partial charge is 0.297 e. The molecule has 0 aliphatic heterocycles. The van der Waals surface area contributed by atoms with Crippen LogP contribution < -0.4 is 5.32 Å². The van der Waals surface area contributed by atoms with Crippen molar-refractivity contribution in [3.8, 4) is 12.3 Å². The van der Waals surface area contributed by atoms with E-state index in [9.17, 15) is 4.79 Å². The first-order chi connectivity index (χ1) is 6.19. The van der Waals surface area contributed by atoms with E-state index in [4.69, 9.17) is 6.42 Å². The minimum Gasteiger partial charge on any atom is -0.297 e. The largest absolute Gasteiger partial charge is 0.301 e. The number of rotatable bonds is 2. The normalized spacial score (nSPS) is 9.31. The highest BCUT2D eigenvalue weighted by Gasteiger charge is 2.10. The van der Waals surface area contributed by atoms with Crippen molar-refractivity contribution in [3.63, 3.8) is 0 Å². The predicted octanol–water partition coefficient (Wildman–Crippen LogP) is 1.31. The fourth-order valence-corrected chi connectivity index (χ4v) is 1.38. The van der Waals surface area contributed by atoms with Gasteiger partial charge >= 0.3 is 5.91 Å². The number of carbonyl (C=O) groups is 1. The number of aromatic nitrogens is 2. The molecule has 1 aromatic rings. The Bertz CT molecular complexity index is 364. The molecule has 2 N–H and O–H groups in total. The lowest BCUT2D eigenvalue weighted by Crippen LogP contribution is -2.08. The first kappa shape index (κ1) is 9.81. The number of hydrogen-bond donors (Lipinski definition) is 2. The summed E-state index contributed by atoms with van der Waals surface area (Å²) >= 11 is 3.29. The fraction of sp³-hybridized carbons (Fsp3) is 0.250. The van der Waals surface area contributed by atoms with Gasteiger partial charge in [-0.15, -0.1) is 6.42 Å². The second-order valence-electron chi connectivity index (χ2n) is 2.32. The maximum Gasteiger partial charge on any atom is 0.301 e. The summed E-state index contributed by atoms with van der Waals surface area (Å²) in [6, 6.07) is 0. The molecule has 0 spiro atoms. The van der Waals surface area contributed by atoms with Crippen LogP contribution in [-0.2, 0) is 11.2 Å². The second-order valence-corrected chi connectivity index (χ2v) is 3.11. The number of carbonyl (C=O) groups excluding carboxylic acids is 1. The molecular weight excluding hydrogens is 234 g/mol. The molecule has 0 saturated carbocycles. The summed E-state index contributed by atoms with van der Waals surface area (Å²) < 4.78 is 0.749. The SMILES string of the molecule is C#CC(=O)Nc1n[nH]c(CC)c1Br. The van der Waals surface area contributed by atoms with Crippen molar-refractivity contribution in [2.75, 3.05) is 5.32 Å². The van der Waals surface area contributed by atoms with E-state index < -0.39 is 5.91 Å². The Labute approximate surface area is 84.2 Å². The van der Waals surface area contributed by atoms with Crippen LogP contribution in [0.1, 0.15) is 12.6 Å². The first-order valence-electron chi connectivity index (χ1n) is 3.69. The second kappa shape index (κ2) is 4.10. The van der Waals surface area contributed by atoms with E-state index >= 15 is 0 Å². The standard InChI is InChI=1S/C8H8BrN3O/c1-3-5-7(9)8(12-11-5)10-6(13)4-2/h2H,3H2,1H3,(H2,10,11,12,13). The molecule has 0 aromatic carbocycles. The highest BCUT2D eigenvalue weighted by Crippen LogP contribution is 2.23. The van der Waals surface area contributed by atoms with Gasteiger partial charge in [-0.25, -0.2) is 0 Å². The van der Waals surface area contributed by atoms with Gasteiger partial charge in [-0.1, -0.05) is 6.92 Å². The summed E-state index contributed by atoms with van der Waals surface area (Å²) in [5.41, 5.74) is 0.923. The van der Waals surface area contributed by atoms with Crippen molar-refractivity contribution in [2.24, 2.45) is 0 Å². The summed E-state index contributed by atoms with van der Waals surface area (Å²) in [5, 5.41) is 9.10. The number of aryl methyl sites for hydroxylation is 1. The van der Waals surface area contributed by atoms with Gasteiger partial charge in [-0.3, -0.25) is 15.2 Å². The van der Waals surface area contributed by atoms with E-state index in [1.165, 1.54) is 0 Å². The number of nitrogens with one attached hydrogen (secondary N) is 2. The minimum absolute atomic E-state index is 0.430. The van der Waals surface area contributed by atoms with E-state index in [1.54, 1.807) is 0 Å². The van der Waals surface area contributed by atoms with Crippen LogP contribution in [0.3, 0.4) is 0 Å². The molecule has 68 valence electrons. The van der Waals surface area contributed by atoms with Crippen LogP contribution in [0.4, 0.5) is 5.82 Å². The molecule has 0 atom stereocenters. The molecule has 0 unspecified atom stereocenters. The van der Waals surface area contributed by atoms with Crippen LogP contribution in [0.15, 0.2) is 4.47 Å². The molecule has 1 amide bonds. The molecule has 0 aliphatic rings. The Kier molecular flexibility index (Phi) is 3.09. The zero-order valence-corrected chi connectivity index (χ0v) is 8.60. The van der Waals surface area contributed by atoms with Crippen molar-refractivity contribution in [1.29, 1.82) is 0 Å². The van der Waals surface area contributed by atoms with Crippen molar-refractivity contribution in [2.45, 2.75) is 13.3 Å². The number of aromatic amines is 1. The zero-order valence-electron chi connectivity index (χ0n) is 7.02. The summed E-state index contributed by atoms with van der Waals surface area (Å²) in [6.45, 7) is 1.98. The summed E-state index contributed by atoms with van der Waals surface area (Å²) in [7, 11) is 0. The maximum atomic E-state index is 10.8. The highest BCUT2D eigenvalue weighted by molar-refractivity contribution is 9.10. The maximum absolute atomic E-state index is 10.8. The molecule has 13 heavy (non-hydrogen) atoms. The lowest BCUT2D eigenvalue weighted by molar-refractivity contribution is -0.111. The quantitative estimate of drug-likeness (QED) is 0.768. The van der Waals surface area contributed by atoms with Crippen molar-refractivity contribution >= 4 is 27.7 Å². The first-order valence-corrected chi connectivity index (χ1v) is 4.48. The van der Waals surface area contributed by atoms with E-state index in [1.807, 2.05) is 12.8 Å². The van der Waals surface area contributed by atoms with Gasteiger partial charge in [-0.05, 0) is 28.3 Å². The van der Waals surface area contributed by atoms with Crippen LogP contribution in [0.5, 0.6) is 0 Å². The molecule has 1 heterocycles. The molecule has 0 radical (unpaired) electrons. The lowest BCUT2D eigenvalue weighted by Gasteiger charge is -1.95. The van der Waals surface area contributed by atoms with Crippen LogP contribution >= 0.6 is 15.9 Å². The van der Waals surface area contributed by atoms with Crippen molar-refractivity contribution < 1.29 is 4.79 Å². The molecule has 0 aliphatic carbocycles. The molecule has 1 aromatic heterocycles. The summed E-state index contributed by atoms with van der Waals surface area (Å²) in [6.07, 6.45) is 5.70. The number of halogens is 1. The zero-order chi connectivity index (χ0) is 9.84. The predicted molar refractivity (Wildman–Crippen MR) is 53.1 cm³/mol. The summed E-state index contributed by atoms with van der Waals surface area (Å²) in [4.78, 5) is 10.8. The molecular formula is C8H8BrN3O. The average molecular weight is 242 g/mol. The molecule has 1 rings (SSSR count). The van der Waals surface area contributed by atoms with E-state index in [2.05, 4.69) is 31.4 Å². The topological polar surface area (TPSA) is 57.8 Å². The minimum atomic E-state index is -0.505. The van der Waals surface area contributed by atoms with Gasteiger partial charge in [0.05, 0.1) is 10.2 Å². The van der Waals surface area contributed by atoms with Crippen LogP contribution in [0, 0.1) is 12.3 Å². The van der Waals surface area contributed by atoms with E-state index in [-0.39, 0.29) is 0 Å². The fourth-order valence-electron chi connectivity index (χ4n) is 0.825. The Hall–Kier alpha value is -1.28. The Balaban J connectivity index is 2.85. The highest BCUT2D eigenvalue weighted by atomic mass is 79.9. The van der Waals surface area contributed by atoms with Crippen molar-refractivity contribution in [1.82, 2.24) is 10.2 Å². The number of anilines is 1. The molecule has 5 heteroatoms. The Morgan fingerprint density at radius 2 is 2.54 bits per heavy atom. The number of hydrogen-bond acceptors (Lipinski definition) is 2. The number of terminal acetylenes is 1. The van der Waals surface area contributed by atoms with Crippen LogP contribution in [-0.4, -0.2) is 16.1 Å². The third kappa shape index (κ3) is 2.10. The van der Waals surface area contributed by atoms with Gasteiger partial charge in [0.25, 0.3) is 0 Å². The third-order valence-corrected chi connectivity index (χ3v) is 2.35. The molecule has 4 nitrogen and oxygen atoms in total. The molecule has 0 bridgehead atoms. The van der Waals surface area contributed by atoms with Gasteiger partial charge in [0, 0.05) is 0 Å². The average Bonchev–Trinajstić information content (AvgIpc) is 2.48. The van der Waals surface area contributed by atoms with Gasteiger partial charge in [0.15, 0.2) is 5.82 Å². The van der Waals surface area contributed by atoms with Crippen molar-refractivity contribution in [3.05, 3.63) is 10.2 Å². The monoisotopic (exact) mass is 241 g/mol. The molecule has 0 fully saturated rings. The van der Waals surface area contributed by atoms with E-state index in [0.29, 0.717) is 5.82 Å². The lowest BCUT2D eigenvalue weighted by atomic mass is 10.3. The van der Waals surface area contributed by atoms with Crippen LogP contribution in [0.25, 0.3) is 0 Å². The van der Waals surface area contributed by atoms with Gasteiger partial charge in [0.2, 0.25) is 0 Å². The number of amides is 1. The van der Waals surface area contributed by atoms with Gasteiger partial charge in [-0.2, -0.15) is 5.10 Å². The van der Waals surface area contributed by atoms with E-state index in [0.717, 1.165) is 16.6 Å². The summed E-state index contributed by atoms with van der Waals surface area (Å²) in [5.74, 6) is 1.87. The third-order valence-electron chi connectivity index (χ3n) is 1.49. The number of H-pyrrole nitrogens is 1. The van der Waals surface area contributed by atoms with Crippen LogP contribution in [0.2, 0.25) is 0 Å². The molecule has 0 saturated heterocycles. The van der Waals surface area contributed by atoms with Gasteiger partial charge in [0.1, 0.15) is 0 Å².